The molecule has 3 aromatic rings. The van der Waals surface area contributed by atoms with Gasteiger partial charge in [0.25, 0.3) is 5.91 Å². The molecule has 0 spiro atoms. The lowest BCUT2D eigenvalue weighted by Gasteiger charge is -2.14. The summed E-state index contributed by atoms with van der Waals surface area (Å²) in [6.07, 6.45) is -2.09. The second-order valence-corrected chi connectivity index (χ2v) is 6.00. The fraction of sp³-hybridized carbons (Fsp3) is 0.200. The molecule has 0 radical (unpaired) electrons. The molecule has 0 saturated carbocycles. The van der Waals surface area contributed by atoms with Crippen LogP contribution in [-0.2, 0) is 6.42 Å². The third-order valence-corrected chi connectivity index (χ3v) is 3.96. The van der Waals surface area contributed by atoms with Crippen LogP contribution in [0.3, 0.4) is 0 Å². The van der Waals surface area contributed by atoms with Crippen molar-refractivity contribution in [2.24, 2.45) is 0 Å². The van der Waals surface area contributed by atoms with E-state index in [1.54, 1.807) is 4.68 Å². The fourth-order valence-corrected chi connectivity index (χ4v) is 2.81. The summed E-state index contributed by atoms with van der Waals surface area (Å²) in [5.74, 6) is -1.03. The van der Waals surface area contributed by atoms with Crippen LogP contribution in [0, 0.1) is 0 Å². The molecule has 1 aromatic heterocycles. The second kappa shape index (κ2) is 8.16. The maximum atomic E-state index is 12.8. The van der Waals surface area contributed by atoms with Gasteiger partial charge in [-0.2, -0.15) is 5.10 Å². The molecule has 28 heavy (non-hydrogen) atoms. The lowest BCUT2D eigenvalue weighted by Crippen LogP contribution is -2.20. The molecule has 8 heteroatoms. The first-order valence-electron chi connectivity index (χ1n) is 8.67. The standard InChI is InChI=1S/C20H18F3N3O2/c1-2-8-17-15(13-24-26(17)14-9-4-3-5-10-14)19(27)25-16-11-6-7-12-18(16)28-20(21,22)23/h3-7,9-13H,2,8H2,1H3,(H,25,27). The monoisotopic (exact) mass is 389 g/mol. The molecule has 146 valence electrons. The topological polar surface area (TPSA) is 56.1 Å². The van der Waals surface area contributed by atoms with Gasteiger partial charge in [0.15, 0.2) is 5.75 Å². The normalized spacial score (nSPS) is 11.3. The van der Waals surface area contributed by atoms with Crippen molar-refractivity contribution in [2.45, 2.75) is 26.1 Å². The van der Waals surface area contributed by atoms with Crippen LogP contribution in [0.5, 0.6) is 5.75 Å². The van der Waals surface area contributed by atoms with Crippen molar-refractivity contribution in [1.82, 2.24) is 9.78 Å². The first-order chi connectivity index (χ1) is 13.4. The van der Waals surface area contributed by atoms with Gasteiger partial charge in [0.1, 0.15) is 0 Å². The second-order valence-electron chi connectivity index (χ2n) is 6.00. The Labute approximate surface area is 159 Å². The molecule has 0 aliphatic heterocycles. The highest BCUT2D eigenvalue weighted by Crippen LogP contribution is 2.30. The number of carbonyl (C=O) groups excluding carboxylic acids is 1. The molecule has 0 saturated heterocycles. The summed E-state index contributed by atoms with van der Waals surface area (Å²) >= 11 is 0. The van der Waals surface area contributed by atoms with Crippen LogP contribution in [0.1, 0.15) is 29.4 Å². The fourth-order valence-electron chi connectivity index (χ4n) is 2.81. The molecule has 2 aromatic carbocycles. The van der Waals surface area contributed by atoms with E-state index in [-0.39, 0.29) is 5.69 Å². The molecule has 1 heterocycles. The Balaban J connectivity index is 1.91. The zero-order valence-electron chi connectivity index (χ0n) is 15.0. The quantitative estimate of drug-likeness (QED) is 0.647. The summed E-state index contributed by atoms with van der Waals surface area (Å²) in [4.78, 5) is 12.8. The highest BCUT2D eigenvalue weighted by atomic mass is 19.4. The number of amides is 1. The Morgan fingerprint density at radius 1 is 1.11 bits per heavy atom. The molecule has 1 amide bonds. The van der Waals surface area contributed by atoms with Crippen LogP contribution in [-0.4, -0.2) is 22.1 Å². The number of hydrogen-bond acceptors (Lipinski definition) is 3. The molecular formula is C20H18F3N3O2. The number of nitrogens with zero attached hydrogens (tertiary/aromatic N) is 2. The van der Waals surface area contributed by atoms with Crippen LogP contribution in [0.4, 0.5) is 18.9 Å². The molecule has 1 N–H and O–H groups in total. The van der Waals surface area contributed by atoms with Crippen molar-refractivity contribution < 1.29 is 22.7 Å². The zero-order chi connectivity index (χ0) is 20.1. The Hall–Kier alpha value is -3.29. The van der Waals surface area contributed by atoms with E-state index in [1.165, 1.54) is 24.4 Å². The number of halogens is 3. The van der Waals surface area contributed by atoms with E-state index in [9.17, 15) is 18.0 Å². The van der Waals surface area contributed by atoms with E-state index in [0.717, 1.165) is 18.2 Å². The number of rotatable bonds is 6. The average molecular weight is 389 g/mol. The molecule has 5 nitrogen and oxygen atoms in total. The molecule has 0 fully saturated rings. The molecule has 0 aliphatic rings. The Morgan fingerprint density at radius 3 is 2.46 bits per heavy atom. The van der Waals surface area contributed by atoms with Gasteiger partial charge in [0.2, 0.25) is 0 Å². The summed E-state index contributed by atoms with van der Waals surface area (Å²) in [6.45, 7) is 1.97. The van der Waals surface area contributed by atoms with Gasteiger partial charge in [0, 0.05) is 0 Å². The molecule has 0 unspecified atom stereocenters. The number of para-hydroxylation sites is 3. The van der Waals surface area contributed by atoms with Gasteiger partial charge < -0.3 is 10.1 Å². The number of anilines is 1. The van der Waals surface area contributed by atoms with Crippen LogP contribution >= 0.6 is 0 Å². The number of hydrogen-bond donors (Lipinski definition) is 1. The van der Waals surface area contributed by atoms with E-state index in [1.807, 2.05) is 37.3 Å². The van der Waals surface area contributed by atoms with Gasteiger partial charge >= 0.3 is 6.36 Å². The summed E-state index contributed by atoms with van der Waals surface area (Å²) < 4.78 is 43.4. The largest absolute Gasteiger partial charge is 0.573 e. The number of aromatic nitrogens is 2. The first-order valence-corrected chi connectivity index (χ1v) is 8.67. The Bertz CT molecular complexity index is 953. The van der Waals surface area contributed by atoms with E-state index in [4.69, 9.17) is 0 Å². The van der Waals surface area contributed by atoms with E-state index < -0.39 is 18.0 Å². The third kappa shape index (κ3) is 4.51. The van der Waals surface area contributed by atoms with E-state index in [2.05, 4.69) is 15.2 Å². The highest BCUT2D eigenvalue weighted by Gasteiger charge is 2.32. The maximum absolute atomic E-state index is 12.8. The van der Waals surface area contributed by atoms with Crippen molar-refractivity contribution in [3.8, 4) is 11.4 Å². The molecule has 3 rings (SSSR count). The lowest BCUT2D eigenvalue weighted by atomic mass is 10.1. The maximum Gasteiger partial charge on any atom is 0.573 e. The Morgan fingerprint density at radius 2 is 1.79 bits per heavy atom. The van der Waals surface area contributed by atoms with Gasteiger partial charge in [0.05, 0.1) is 28.8 Å². The van der Waals surface area contributed by atoms with Crippen molar-refractivity contribution in [3.05, 3.63) is 72.1 Å². The van der Waals surface area contributed by atoms with Gasteiger partial charge in [-0.15, -0.1) is 13.2 Å². The summed E-state index contributed by atoms with van der Waals surface area (Å²) in [5, 5.41) is 6.79. The summed E-state index contributed by atoms with van der Waals surface area (Å²) in [5.41, 5.74) is 1.71. The summed E-state index contributed by atoms with van der Waals surface area (Å²) in [7, 11) is 0. The minimum atomic E-state index is -4.85. The first kappa shape index (κ1) is 19.5. The number of carbonyl (C=O) groups is 1. The number of ether oxygens (including phenoxy) is 1. The Kier molecular flexibility index (Phi) is 5.67. The number of benzene rings is 2. The average Bonchev–Trinajstić information content (AvgIpc) is 3.07. The third-order valence-electron chi connectivity index (χ3n) is 3.96. The van der Waals surface area contributed by atoms with Gasteiger partial charge in [-0.05, 0) is 30.7 Å². The van der Waals surface area contributed by atoms with Crippen molar-refractivity contribution in [3.63, 3.8) is 0 Å². The van der Waals surface area contributed by atoms with Gasteiger partial charge in [-0.3, -0.25) is 4.79 Å². The number of alkyl halides is 3. The van der Waals surface area contributed by atoms with Crippen LogP contribution in [0.15, 0.2) is 60.8 Å². The van der Waals surface area contributed by atoms with Crippen LogP contribution < -0.4 is 10.1 Å². The number of nitrogens with one attached hydrogen (secondary N) is 1. The van der Waals surface area contributed by atoms with Crippen molar-refractivity contribution in [2.75, 3.05) is 5.32 Å². The van der Waals surface area contributed by atoms with Crippen molar-refractivity contribution in [1.29, 1.82) is 0 Å². The van der Waals surface area contributed by atoms with E-state index in [0.29, 0.717) is 17.7 Å². The van der Waals surface area contributed by atoms with Crippen LogP contribution in [0.2, 0.25) is 0 Å². The highest BCUT2D eigenvalue weighted by molar-refractivity contribution is 6.05. The molecule has 0 atom stereocenters. The van der Waals surface area contributed by atoms with Gasteiger partial charge in [-0.1, -0.05) is 43.7 Å². The molecular weight excluding hydrogens is 371 g/mol. The minimum Gasteiger partial charge on any atom is -0.404 e. The summed E-state index contributed by atoms with van der Waals surface area (Å²) in [6, 6.07) is 14.7. The molecule has 0 bridgehead atoms. The van der Waals surface area contributed by atoms with E-state index >= 15 is 0 Å². The van der Waals surface area contributed by atoms with Crippen molar-refractivity contribution >= 4 is 11.6 Å². The predicted molar refractivity (Wildman–Crippen MR) is 98.6 cm³/mol. The minimum absolute atomic E-state index is 0.0697. The predicted octanol–water partition coefficient (Wildman–Crippen LogP) is 4.98. The zero-order valence-corrected chi connectivity index (χ0v) is 15.0. The van der Waals surface area contributed by atoms with Gasteiger partial charge in [-0.25, -0.2) is 4.68 Å². The lowest BCUT2D eigenvalue weighted by molar-refractivity contribution is -0.274. The smallest absolute Gasteiger partial charge is 0.404 e. The molecule has 0 aliphatic carbocycles. The SMILES string of the molecule is CCCc1c(C(=O)Nc2ccccc2OC(F)(F)F)cnn1-c1ccccc1. The van der Waals surface area contributed by atoms with Crippen LogP contribution in [0.25, 0.3) is 5.69 Å².